The first kappa shape index (κ1) is 26.0. The van der Waals surface area contributed by atoms with Gasteiger partial charge in [-0.1, -0.05) is 31.0 Å². The molecule has 0 bridgehead atoms. The molecule has 0 radical (unpaired) electrons. The number of hydrogen-bond donors (Lipinski definition) is 2. The Morgan fingerprint density at radius 3 is 2.16 bits per heavy atom. The summed E-state index contributed by atoms with van der Waals surface area (Å²) in [5.74, 6) is -0.450. The first-order valence-electron chi connectivity index (χ1n) is 10.6. The Balaban J connectivity index is 0.00000363. The number of rotatable bonds is 6. The van der Waals surface area contributed by atoms with Gasteiger partial charge in [0.05, 0.1) is 0 Å². The van der Waals surface area contributed by atoms with Crippen molar-refractivity contribution in [3.63, 3.8) is 0 Å². The summed E-state index contributed by atoms with van der Waals surface area (Å²) in [6, 6.07) is 11.4. The Labute approximate surface area is 205 Å². The molecule has 0 unspecified atom stereocenters. The van der Waals surface area contributed by atoms with Gasteiger partial charge in [0.2, 0.25) is 0 Å². The van der Waals surface area contributed by atoms with Crippen LogP contribution in [0.3, 0.4) is 0 Å². The second-order valence-corrected chi connectivity index (χ2v) is 8.26. The van der Waals surface area contributed by atoms with Crippen LogP contribution in [-0.4, -0.2) is 44.5 Å². The van der Waals surface area contributed by atoms with E-state index in [0.29, 0.717) is 24.6 Å². The quantitative estimate of drug-likeness (QED) is 0.314. The van der Waals surface area contributed by atoms with Crippen LogP contribution in [0.2, 0.25) is 0 Å². The molecule has 2 aromatic rings. The molecule has 2 N–H and O–H groups in total. The van der Waals surface area contributed by atoms with Gasteiger partial charge in [0, 0.05) is 50.8 Å². The molecule has 174 valence electrons. The van der Waals surface area contributed by atoms with E-state index in [1.54, 1.807) is 33.3 Å². The summed E-state index contributed by atoms with van der Waals surface area (Å²) in [7, 11) is 5.11. The molecule has 5 nitrogen and oxygen atoms in total. The van der Waals surface area contributed by atoms with Gasteiger partial charge in [-0.3, -0.25) is 9.79 Å². The number of halogens is 3. The summed E-state index contributed by atoms with van der Waals surface area (Å²) >= 11 is 0. The monoisotopic (exact) mass is 556 g/mol. The van der Waals surface area contributed by atoms with Gasteiger partial charge in [-0.2, -0.15) is 0 Å². The predicted octanol–water partition coefficient (Wildman–Crippen LogP) is 4.46. The van der Waals surface area contributed by atoms with Crippen molar-refractivity contribution >= 4 is 35.8 Å². The molecular weight excluding hydrogens is 525 g/mol. The summed E-state index contributed by atoms with van der Waals surface area (Å²) in [5, 5.41) is 6.50. The lowest BCUT2D eigenvalue weighted by Gasteiger charge is -2.31. The Kier molecular flexibility index (Phi) is 9.42. The van der Waals surface area contributed by atoms with Crippen molar-refractivity contribution in [3.8, 4) is 0 Å². The van der Waals surface area contributed by atoms with Crippen LogP contribution in [0.5, 0.6) is 0 Å². The molecular formula is C24H31F2IN4O. The summed E-state index contributed by atoms with van der Waals surface area (Å²) in [5.41, 5.74) is 1.22. The third kappa shape index (κ3) is 5.96. The molecule has 1 saturated carbocycles. The lowest BCUT2D eigenvalue weighted by molar-refractivity contribution is 0.0827. The van der Waals surface area contributed by atoms with E-state index in [0.717, 1.165) is 31.2 Å². The van der Waals surface area contributed by atoms with Crippen molar-refractivity contribution in [1.82, 2.24) is 15.5 Å². The Hall–Kier alpha value is -2.23. The molecule has 1 fully saturated rings. The fourth-order valence-electron chi connectivity index (χ4n) is 4.25. The van der Waals surface area contributed by atoms with Crippen molar-refractivity contribution < 1.29 is 13.6 Å². The molecule has 1 aliphatic rings. The number of nitrogens with one attached hydrogen (secondary N) is 2. The van der Waals surface area contributed by atoms with Crippen LogP contribution < -0.4 is 10.6 Å². The number of guanidine groups is 1. The van der Waals surface area contributed by atoms with Crippen LogP contribution in [0.4, 0.5) is 8.78 Å². The van der Waals surface area contributed by atoms with Gasteiger partial charge in [-0.05, 0) is 42.7 Å². The summed E-state index contributed by atoms with van der Waals surface area (Å²) in [6.07, 6.45) is 3.35. The highest BCUT2D eigenvalue weighted by atomic mass is 127. The Bertz CT molecular complexity index is 921. The van der Waals surface area contributed by atoms with E-state index in [9.17, 15) is 13.6 Å². The molecule has 8 heteroatoms. The molecule has 1 amide bonds. The zero-order chi connectivity index (χ0) is 22.4. The van der Waals surface area contributed by atoms with E-state index < -0.39 is 17.0 Å². The van der Waals surface area contributed by atoms with Gasteiger partial charge in [0.1, 0.15) is 11.6 Å². The third-order valence-electron chi connectivity index (χ3n) is 5.94. The smallest absolute Gasteiger partial charge is 0.253 e. The molecule has 0 heterocycles. The fourth-order valence-corrected chi connectivity index (χ4v) is 4.25. The highest BCUT2D eigenvalue weighted by molar-refractivity contribution is 14.0. The number of amides is 1. The minimum Gasteiger partial charge on any atom is -0.356 e. The standard InChI is InChI=1S/C24H30F2N4O.HI/c1-27-23(28-15-17-9-11-18(12-10-17)22(31)30(2)3)29-16-24(13-4-5-14-24)21-19(25)7-6-8-20(21)26;/h6-12H,4-5,13-16H2,1-3H3,(H2,27,28,29);1H. The molecule has 32 heavy (non-hydrogen) atoms. The molecule has 3 rings (SSSR count). The first-order chi connectivity index (χ1) is 14.9. The molecule has 0 saturated heterocycles. The van der Waals surface area contributed by atoms with E-state index in [1.807, 2.05) is 12.1 Å². The normalized spacial score (nSPS) is 15.1. The molecule has 1 aliphatic carbocycles. The lowest BCUT2D eigenvalue weighted by atomic mass is 9.78. The van der Waals surface area contributed by atoms with E-state index >= 15 is 0 Å². The van der Waals surface area contributed by atoms with Gasteiger partial charge in [-0.15, -0.1) is 24.0 Å². The topological polar surface area (TPSA) is 56.7 Å². The number of carbonyl (C=O) groups excluding carboxylic acids is 1. The van der Waals surface area contributed by atoms with Gasteiger partial charge < -0.3 is 15.5 Å². The van der Waals surface area contributed by atoms with E-state index in [2.05, 4.69) is 15.6 Å². The minimum atomic E-state index is -0.582. The van der Waals surface area contributed by atoms with Crippen molar-refractivity contribution in [2.24, 2.45) is 4.99 Å². The van der Waals surface area contributed by atoms with Gasteiger partial charge in [-0.25, -0.2) is 8.78 Å². The first-order valence-corrected chi connectivity index (χ1v) is 10.6. The minimum absolute atomic E-state index is 0. The van der Waals surface area contributed by atoms with Crippen molar-refractivity contribution in [2.75, 3.05) is 27.7 Å². The maximum absolute atomic E-state index is 14.5. The van der Waals surface area contributed by atoms with Crippen LogP contribution in [0.15, 0.2) is 47.5 Å². The summed E-state index contributed by atoms with van der Waals surface area (Å²) < 4.78 is 29.0. The highest BCUT2D eigenvalue weighted by Crippen LogP contribution is 2.42. The van der Waals surface area contributed by atoms with Crippen LogP contribution in [0.1, 0.15) is 47.2 Å². The molecule has 0 atom stereocenters. The second kappa shape index (κ2) is 11.6. The Morgan fingerprint density at radius 1 is 1.03 bits per heavy atom. The average molecular weight is 556 g/mol. The fraction of sp³-hybridized carbons (Fsp3) is 0.417. The number of nitrogens with zero attached hydrogens (tertiary/aromatic N) is 2. The SMILES string of the molecule is CN=C(NCc1ccc(C(=O)N(C)C)cc1)NCC1(c2c(F)cccc2F)CCCC1.I. The molecule has 0 aliphatic heterocycles. The number of aliphatic imine (C=N–C) groups is 1. The van der Waals surface area contributed by atoms with Crippen molar-refractivity contribution in [2.45, 2.75) is 37.6 Å². The van der Waals surface area contributed by atoms with Crippen molar-refractivity contribution in [3.05, 3.63) is 70.8 Å². The predicted molar refractivity (Wildman–Crippen MR) is 135 cm³/mol. The van der Waals surface area contributed by atoms with Gasteiger partial charge >= 0.3 is 0 Å². The maximum Gasteiger partial charge on any atom is 0.253 e. The highest BCUT2D eigenvalue weighted by Gasteiger charge is 2.39. The zero-order valence-corrected chi connectivity index (χ0v) is 21.1. The van der Waals surface area contributed by atoms with Crippen LogP contribution in [0.25, 0.3) is 0 Å². The third-order valence-corrected chi connectivity index (χ3v) is 5.94. The van der Waals surface area contributed by atoms with E-state index in [1.165, 1.54) is 23.1 Å². The number of carbonyl (C=O) groups is 1. The number of hydrogen-bond acceptors (Lipinski definition) is 2. The average Bonchev–Trinajstić information content (AvgIpc) is 3.23. The lowest BCUT2D eigenvalue weighted by Crippen LogP contribution is -2.45. The van der Waals surface area contributed by atoms with E-state index in [-0.39, 0.29) is 35.4 Å². The largest absolute Gasteiger partial charge is 0.356 e. The summed E-state index contributed by atoms with van der Waals surface area (Å²) in [6.45, 7) is 0.915. The zero-order valence-electron chi connectivity index (χ0n) is 18.8. The Morgan fingerprint density at radius 2 is 1.62 bits per heavy atom. The summed E-state index contributed by atoms with van der Waals surface area (Å²) in [4.78, 5) is 17.8. The van der Waals surface area contributed by atoms with E-state index in [4.69, 9.17) is 0 Å². The second-order valence-electron chi connectivity index (χ2n) is 8.26. The van der Waals surface area contributed by atoms with Crippen LogP contribution in [-0.2, 0) is 12.0 Å². The molecule has 2 aromatic carbocycles. The van der Waals surface area contributed by atoms with Crippen molar-refractivity contribution in [1.29, 1.82) is 0 Å². The molecule has 0 aromatic heterocycles. The van der Waals surface area contributed by atoms with Crippen LogP contribution >= 0.6 is 24.0 Å². The maximum atomic E-state index is 14.5. The van der Waals surface area contributed by atoms with Gasteiger partial charge in [0.25, 0.3) is 5.91 Å². The molecule has 0 spiro atoms. The van der Waals surface area contributed by atoms with Crippen LogP contribution in [0, 0.1) is 11.6 Å². The van der Waals surface area contributed by atoms with Gasteiger partial charge in [0.15, 0.2) is 5.96 Å². The number of benzene rings is 2.